The number of aromatic nitrogens is 1. The summed E-state index contributed by atoms with van der Waals surface area (Å²) < 4.78 is 14.5. The second kappa shape index (κ2) is 5.02. The zero-order valence-corrected chi connectivity index (χ0v) is 11.3. The van der Waals surface area contributed by atoms with E-state index in [4.69, 9.17) is 11.6 Å². The van der Waals surface area contributed by atoms with Crippen molar-refractivity contribution in [2.75, 3.05) is 5.32 Å². The van der Waals surface area contributed by atoms with Gasteiger partial charge in [0.2, 0.25) is 0 Å². The minimum Gasteiger partial charge on any atom is -0.338 e. The second-order valence-corrected chi connectivity index (χ2v) is 4.81. The van der Waals surface area contributed by atoms with E-state index in [0.717, 1.165) is 15.7 Å². The highest BCUT2D eigenvalue weighted by atomic mass is 79.9. The molecule has 2 nitrogen and oxygen atoms in total. The number of pyridine rings is 1. The van der Waals surface area contributed by atoms with E-state index >= 15 is 0 Å². The molecule has 0 aliphatic carbocycles. The first-order valence-corrected chi connectivity index (χ1v) is 6.08. The van der Waals surface area contributed by atoms with Gasteiger partial charge in [0.15, 0.2) is 11.6 Å². The Kier molecular flexibility index (Phi) is 3.64. The van der Waals surface area contributed by atoms with E-state index in [1.54, 1.807) is 0 Å². The number of hydrogen-bond donors (Lipinski definition) is 1. The molecule has 5 heteroatoms. The van der Waals surface area contributed by atoms with Gasteiger partial charge in [0.25, 0.3) is 0 Å². The van der Waals surface area contributed by atoms with Gasteiger partial charge in [-0.25, -0.2) is 9.37 Å². The molecule has 0 saturated heterocycles. The maximum atomic E-state index is 13.5. The molecule has 0 aliphatic rings. The molecule has 1 aromatic heterocycles. The second-order valence-electron chi connectivity index (χ2n) is 3.52. The number of rotatable bonds is 2. The number of hydrogen-bond acceptors (Lipinski definition) is 2. The first-order chi connectivity index (χ1) is 8.08. The van der Waals surface area contributed by atoms with Gasteiger partial charge in [-0.05, 0) is 30.7 Å². The van der Waals surface area contributed by atoms with Crippen LogP contribution in [0, 0.1) is 12.7 Å². The summed E-state index contributed by atoms with van der Waals surface area (Å²) in [5.41, 5.74) is 1.79. The molecule has 0 amide bonds. The largest absolute Gasteiger partial charge is 0.338 e. The highest BCUT2D eigenvalue weighted by molar-refractivity contribution is 9.10. The molecule has 2 rings (SSSR count). The smallest absolute Gasteiger partial charge is 0.167 e. The molecular weight excluding hydrogens is 307 g/mol. The SMILES string of the molecule is Cc1c(Br)cccc1Nc1ncc(Cl)cc1F. The quantitative estimate of drug-likeness (QED) is 0.869. The van der Waals surface area contributed by atoms with Crippen LogP contribution >= 0.6 is 27.5 Å². The Balaban J connectivity index is 2.35. The summed E-state index contributed by atoms with van der Waals surface area (Å²) in [6, 6.07) is 6.87. The summed E-state index contributed by atoms with van der Waals surface area (Å²) in [6.07, 6.45) is 1.40. The summed E-state index contributed by atoms with van der Waals surface area (Å²) in [5, 5.41) is 3.21. The van der Waals surface area contributed by atoms with E-state index in [2.05, 4.69) is 26.2 Å². The molecule has 17 heavy (non-hydrogen) atoms. The molecule has 88 valence electrons. The Hall–Kier alpha value is -1.13. The van der Waals surface area contributed by atoms with Gasteiger partial charge in [-0.1, -0.05) is 33.6 Å². The van der Waals surface area contributed by atoms with Crippen LogP contribution in [0.5, 0.6) is 0 Å². The maximum absolute atomic E-state index is 13.5. The van der Waals surface area contributed by atoms with Crippen LogP contribution in [0.25, 0.3) is 0 Å². The van der Waals surface area contributed by atoms with Gasteiger partial charge in [0.05, 0.1) is 5.02 Å². The lowest BCUT2D eigenvalue weighted by Crippen LogP contribution is -1.98. The molecule has 1 aromatic carbocycles. The van der Waals surface area contributed by atoms with Crippen molar-refractivity contribution in [3.63, 3.8) is 0 Å². The van der Waals surface area contributed by atoms with Gasteiger partial charge in [0, 0.05) is 16.4 Å². The van der Waals surface area contributed by atoms with Crippen LogP contribution in [0.15, 0.2) is 34.9 Å². The van der Waals surface area contributed by atoms with Crippen molar-refractivity contribution in [3.8, 4) is 0 Å². The molecule has 0 unspecified atom stereocenters. The predicted octanol–water partition coefficient (Wildman–Crippen LogP) is 4.69. The molecule has 2 aromatic rings. The molecule has 0 atom stereocenters. The minimum atomic E-state index is -0.475. The van der Waals surface area contributed by atoms with Crippen molar-refractivity contribution in [2.24, 2.45) is 0 Å². The third kappa shape index (κ3) is 2.76. The van der Waals surface area contributed by atoms with Crippen molar-refractivity contribution in [3.05, 3.63) is 51.3 Å². The third-order valence-corrected chi connectivity index (χ3v) is 3.39. The van der Waals surface area contributed by atoms with Crippen LogP contribution in [0.2, 0.25) is 5.02 Å². The van der Waals surface area contributed by atoms with Crippen molar-refractivity contribution in [1.82, 2.24) is 4.98 Å². The highest BCUT2D eigenvalue weighted by Crippen LogP contribution is 2.27. The van der Waals surface area contributed by atoms with E-state index in [0.29, 0.717) is 0 Å². The fourth-order valence-electron chi connectivity index (χ4n) is 1.38. The highest BCUT2D eigenvalue weighted by Gasteiger charge is 2.07. The summed E-state index contributed by atoms with van der Waals surface area (Å²) in [6.45, 7) is 1.93. The molecule has 0 aliphatic heterocycles. The Labute approximate surface area is 112 Å². The standard InChI is InChI=1S/C12H9BrClFN2/c1-7-9(13)3-2-4-11(7)17-12-10(15)5-8(14)6-16-12/h2-6H,1H3,(H,16,17). The first kappa shape index (κ1) is 12.3. The average molecular weight is 316 g/mol. The Morgan fingerprint density at radius 1 is 1.41 bits per heavy atom. The Bertz CT molecular complexity index is 560. The number of nitrogens with one attached hydrogen (secondary N) is 1. The van der Waals surface area contributed by atoms with E-state index in [1.165, 1.54) is 12.3 Å². The number of benzene rings is 1. The maximum Gasteiger partial charge on any atom is 0.167 e. The molecule has 1 heterocycles. The molecule has 0 radical (unpaired) electrons. The van der Waals surface area contributed by atoms with Crippen molar-refractivity contribution in [1.29, 1.82) is 0 Å². The van der Waals surface area contributed by atoms with Crippen molar-refractivity contribution < 1.29 is 4.39 Å². The lowest BCUT2D eigenvalue weighted by molar-refractivity contribution is 0.626. The molecular formula is C12H9BrClFN2. The summed E-state index contributed by atoms with van der Waals surface area (Å²) in [5.74, 6) is -0.313. The van der Waals surface area contributed by atoms with Crippen LogP contribution < -0.4 is 5.32 Å². The fourth-order valence-corrected chi connectivity index (χ4v) is 1.89. The summed E-state index contributed by atoms with van der Waals surface area (Å²) in [4.78, 5) is 3.91. The average Bonchev–Trinajstić information content (AvgIpc) is 2.28. The molecule has 0 bridgehead atoms. The summed E-state index contributed by atoms with van der Waals surface area (Å²) in [7, 11) is 0. The van der Waals surface area contributed by atoms with Gasteiger partial charge in [-0.2, -0.15) is 0 Å². The number of nitrogens with zero attached hydrogens (tertiary/aromatic N) is 1. The lowest BCUT2D eigenvalue weighted by Gasteiger charge is -2.10. The summed E-state index contributed by atoms with van der Waals surface area (Å²) >= 11 is 9.05. The lowest BCUT2D eigenvalue weighted by atomic mass is 10.2. The number of anilines is 2. The van der Waals surface area contributed by atoms with Crippen LogP contribution in [0.4, 0.5) is 15.9 Å². The van der Waals surface area contributed by atoms with Crippen LogP contribution in [0.1, 0.15) is 5.56 Å². The van der Waals surface area contributed by atoms with Crippen molar-refractivity contribution >= 4 is 39.0 Å². The zero-order chi connectivity index (χ0) is 12.4. The van der Waals surface area contributed by atoms with E-state index in [-0.39, 0.29) is 10.8 Å². The van der Waals surface area contributed by atoms with Crippen LogP contribution in [0.3, 0.4) is 0 Å². The Morgan fingerprint density at radius 2 is 2.18 bits per heavy atom. The monoisotopic (exact) mass is 314 g/mol. The third-order valence-electron chi connectivity index (χ3n) is 2.33. The topological polar surface area (TPSA) is 24.9 Å². The van der Waals surface area contributed by atoms with Gasteiger partial charge in [-0.15, -0.1) is 0 Å². The van der Waals surface area contributed by atoms with Gasteiger partial charge in [0.1, 0.15) is 0 Å². The van der Waals surface area contributed by atoms with Gasteiger partial charge < -0.3 is 5.32 Å². The fraction of sp³-hybridized carbons (Fsp3) is 0.0833. The van der Waals surface area contributed by atoms with Crippen LogP contribution in [-0.4, -0.2) is 4.98 Å². The van der Waals surface area contributed by atoms with E-state index in [1.807, 2.05) is 25.1 Å². The zero-order valence-electron chi connectivity index (χ0n) is 8.97. The number of halogens is 3. The minimum absolute atomic E-state index is 0.163. The first-order valence-electron chi connectivity index (χ1n) is 4.91. The normalized spacial score (nSPS) is 10.4. The van der Waals surface area contributed by atoms with E-state index in [9.17, 15) is 4.39 Å². The van der Waals surface area contributed by atoms with Gasteiger partial charge in [-0.3, -0.25) is 0 Å². The van der Waals surface area contributed by atoms with Crippen LogP contribution in [-0.2, 0) is 0 Å². The van der Waals surface area contributed by atoms with Gasteiger partial charge >= 0.3 is 0 Å². The molecule has 0 fully saturated rings. The van der Waals surface area contributed by atoms with E-state index < -0.39 is 5.82 Å². The Morgan fingerprint density at radius 3 is 2.88 bits per heavy atom. The predicted molar refractivity (Wildman–Crippen MR) is 71.4 cm³/mol. The molecule has 0 saturated carbocycles. The van der Waals surface area contributed by atoms with Crippen molar-refractivity contribution in [2.45, 2.75) is 6.92 Å². The molecule has 0 spiro atoms. The molecule has 1 N–H and O–H groups in total.